The first-order valence-corrected chi connectivity index (χ1v) is 11.3. The Morgan fingerprint density at radius 3 is 1.69 bits per heavy atom. The number of hydrogen-bond acceptors (Lipinski definition) is 2. The van der Waals surface area contributed by atoms with E-state index in [-0.39, 0.29) is 9.92 Å². The van der Waals surface area contributed by atoms with Crippen LogP contribution >= 0.6 is 42.7 Å². The summed E-state index contributed by atoms with van der Waals surface area (Å²) < 4.78 is 32.8. The molecule has 3 aromatic carbocycles. The van der Waals surface area contributed by atoms with Crippen LogP contribution < -0.4 is 15.9 Å². The van der Waals surface area contributed by atoms with Gasteiger partial charge in [-0.05, 0) is 37.5 Å². The van der Waals surface area contributed by atoms with Crippen LogP contribution in [0.25, 0.3) is 0 Å². The van der Waals surface area contributed by atoms with E-state index in [1.165, 1.54) is 12.1 Å². The smallest absolute Gasteiger partial charge is 0.282 e. The van der Waals surface area contributed by atoms with Crippen LogP contribution in [0, 0.1) is 0 Å². The summed E-state index contributed by atoms with van der Waals surface area (Å²) in [4.78, 5) is -0.344. The maximum absolute atomic E-state index is 11.7. The molecule has 0 saturated heterocycles. The van der Waals surface area contributed by atoms with Gasteiger partial charge in [0.2, 0.25) is 0 Å². The molecule has 0 aromatic heterocycles. The topological polar surface area (TPSA) is 54.4 Å². The molecule has 0 heterocycles. The predicted molar refractivity (Wildman–Crippen MR) is 110 cm³/mol. The maximum Gasteiger partial charge on any atom is 0.296 e. The van der Waals surface area contributed by atoms with Crippen molar-refractivity contribution in [1.82, 2.24) is 0 Å². The average molecular weight is 446 g/mol. The van der Waals surface area contributed by atoms with Gasteiger partial charge in [0.05, 0.1) is 5.02 Å². The summed E-state index contributed by atoms with van der Waals surface area (Å²) in [5.41, 5.74) is 0. The van der Waals surface area contributed by atoms with E-state index < -0.39 is 18.0 Å². The van der Waals surface area contributed by atoms with Crippen LogP contribution in [0.5, 0.6) is 0 Å². The number of benzene rings is 3. The van der Waals surface area contributed by atoms with Gasteiger partial charge in [0.25, 0.3) is 10.1 Å². The highest BCUT2D eigenvalue weighted by Gasteiger charge is 2.24. The normalized spacial score (nSPS) is 11.7. The molecule has 0 saturated carbocycles. The Kier molecular flexibility index (Phi) is 5.93. The van der Waals surface area contributed by atoms with Crippen molar-refractivity contribution >= 4 is 68.8 Å². The lowest BCUT2D eigenvalue weighted by Crippen LogP contribution is -2.23. The lowest BCUT2D eigenvalue weighted by molar-refractivity contribution is 0.483. The summed E-state index contributed by atoms with van der Waals surface area (Å²) in [6.45, 7) is 0. The molecule has 0 bridgehead atoms. The fourth-order valence-corrected chi connectivity index (χ4v) is 6.71. The van der Waals surface area contributed by atoms with Crippen LogP contribution in [0.4, 0.5) is 0 Å². The molecule has 0 amide bonds. The molecule has 0 spiro atoms. The van der Waals surface area contributed by atoms with Gasteiger partial charge in [0.15, 0.2) is 0 Å². The predicted octanol–water partition coefficient (Wildman–Crippen LogP) is 4.65. The number of halogens is 3. The summed E-state index contributed by atoms with van der Waals surface area (Å²) in [5.74, 6) is 0. The quantitative estimate of drug-likeness (QED) is 0.470. The van der Waals surface area contributed by atoms with Crippen LogP contribution in [0.3, 0.4) is 0 Å². The fourth-order valence-electron chi connectivity index (χ4n) is 2.50. The highest BCUT2D eigenvalue weighted by Crippen LogP contribution is 2.39. The van der Waals surface area contributed by atoms with Gasteiger partial charge in [0.1, 0.15) is 4.90 Å². The van der Waals surface area contributed by atoms with E-state index in [2.05, 4.69) is 0 Å². The second-order valence-corrected chi connectivity index (χ2v) is 10.1. The minimum atomic E-state index is -4.46. The van der Waals surface area contributed by atoms with Crippen LogP contribution in [-0.2, 0) is 10.1 Å². The molecule has 0 fully saturated rings. The Bertz CT molecular complexity index is 1030. The molecule has 3 aromatic rings. The van der Waals surface area contributed by atoms with Gasteiger partial charge in [-0.2, -0.15) is 8.42 Å². The average Bonchev–Trinajstić information content (AvgIpc) is 2.58. The summed E-state index contributed by atoms with van der Waals surface area (Å²) in [6, 6.07) is 19.2. The molecule has 0 atom stereocenters. The van der Waals surface area contributed by atoms with E-state index in [0.717, 1.165) is 10.6 Å². The summed E-state index contributed by atoms with van der Waals surface area (Å²) in [7, 11) is -5.72. The molecule has 3 nitrogen and oxygen atoms in total. The molecule has 0 radical (unpaired) electrons. The van der Waals surface area contributed by atoms with Crippen LogP contribution in [-0.4, -0.2) is 13.0 Å². The van der Waals surface area contributed by atoms with Gasteiger partial charge >= 0.3 is 0 Å². The first-order valence-electron chi connectivity index (χ1n) is 7.35. The molecule has 0 aliphatic carbocycles. The molecule has 134 valence electrons. The van der Waals surface area contributed by atoms with E-state index in [1.807, 2.05) is 36.4 Å². The summed E-state index contributed by atoms with van der Waals surface area (Å²) >= 11 is 18.8. The van der Waals surface area contributed by atoms with E-state index in [0.29, 0.717) is 15.3 Å². The second kappa shape index (κ2) is 7.85. The minimum absolute atomic E-state index is 0.0514. The molecule has 0 unspecified atom stereocenters. The highest BCUT2D eigenvalue weighted by atomic mass is 35.5. The van der Waals surface area contributed by atoms with Crippen LogP contribution in [0.1, 0.15) is 0 Å². The number of rotatable bonds is 4. The summed E-state index contributed by atoms with van der Waals surface area (Å²) in [5, 5.41) is 3.33. The van der Waals surface area contributed by atoms with Crippen LogP contribution in [0.2, 0.25) is 15.1 Å². The first kappa shape index (κ1) is 19.6. The number of hydrogen-bond donors (Lipinski definition) is 1. The molecule has 8 heteroatoms. The van der Waals surface area contributed by atoms with Crippen molar-refractivity contribution in [3.63, 3.8) is 0 Å². The zero-order valence-corrected chi connectivity index (χ0v) is 17.1. The van der Waals surface area contributed by atoms with Crippen molar-refractivity contribution in [3.05, 3.63) is 81.8 Å². The van der Waals surface area contributed by atoms with E-state index in [4.69, 9.17) is 34.8 Å². The van der Waals surface area contributed by atoms with Crippen LogP contribution in [0.15, 0.2) is 71.6 Å². The molecule has 0 aliphatic rings. The fraction of sp³-hybridized carbons (Fsp3) is 0. The van der Waals surface area contributed by atoms with Gasteiger partial charge < -0.3 is 0 Å². The zero-order chi connectivity index (χ0) is 18.9. The van der Waals surface area contributed by atoms with Gasteiger partial charge in [-0.15, -0.1) is 0 Å². The summed E-state index contributed by atoms with van der Waals surface area (Å²) in [6.07, 6.45) is 0. The van der Waals surface area contributed by atoms with Crippen molar-refractivity contribution in [1.29, 1.82) is 0 Å². The third-order valence-corrected chi connectivity index (χ3v) is 8.43. The largest absolute Gasteiger partial charge is 0.296 e. The minimum Gasteiger partial charge on any atom is -0.282 e. The Labute approximate surface area is 168 Å². The maximum atomic E-state index is 11.7. The molecule has 26 heavy (non-hydrogen) atoms. The highest BCUT2D eigenvalue weighted by molar-refractivity contribution is 7.86. The molecule has 1 N–H and O–H groups in total. The van der Waals surface area contributed by atoms with Crippen molar-refractivity contribution in [2.45, 2.75) is 4.90 Å². The zero-order valence-electron chi connectivity index (χ0n) is 13.1. The Morgan fingerprint density at radius 2 is 1.23 bits per heavy atom. The van der Waals surface area contributed by atoms with Gasteiger partial charge in [0, 0.05) is 20.7 Å². The van der Waals surface area contributed by atoms with Crippen molar-refractivity contribution in [2.24, 2.45) is 0 Å². The third-order valence-electron chi connectivity index (χ3n) is 3.64. The first-order chi connectivity index (χ1) is 12.3. The van der Waals surface area contributed by atoms with Gasteiger partial charge in [-0.25, -0.2) is 0 Å². The van der Waals surface area contributed by atoms with Gasteiger partial charge in [-0.3, -0.25) is 4.55 Å². The van der Waals surface area contributed by atoms with E-state index >= 15 is 0 Å². The van der Waals surface area contributed by atoms with E-state index in [1.54, 1.807) is 18.2 Å². The monoisotopic (exact) mass is 444 g/mol. The SMILES string of the molecule is O=S(=O)(O)c1cc(P(c2ccccc2Cl)c2ccccc2Cl)ccc1Cl. The van der Waals surface area contributed by atoms with E-state index in [9.17, 15) is 13.0 Å². The van der Waals surface area contributed by atoms with Crippen molar-refractivity contribution < 1.29 is 13.0 Å². The van der Waals surface area contributed by atoms with Gasteiger partial charge in [-0.1, -0.05) is 77.3 Å². The Hall–Kier alpha value is -1.13. The Morgan fingerprint density at radius 1 is 0.731 bits per heavy atom. The molecule has 3 rings (SSSR count). The second-order valence-electron chi connectivity index (χ2n) is 5.33. The third kappa shape index (κ3) is 4.07. The lowest BCUT2D eigenvalue weighted by Gasteiger charge is -2.22. The Balaban J connectivity index is 2.30. The molecule has 0 aliphatic heterocycles. The lowest BCUT2D eigenvalue weighted by atomic mass is 10.3. The van der Waals surface area contributed by atoms with Crippen molar-refractivity contribution in [2.75, 3.05) is 0 Å². The van der Waals surface area contributed by atoms with Crippen molar-refractivity contribution in [3.8, 4) is 0 Å². The molecular formula is C18H12Cl3O3PS. The standard InChI is InChI=1S/C18H12Cl3O3PS/c19-13-5-1-3-7-16(13)25(17-8-4-2-6-14(17)20)12-9-10-15(21)18(11-12)26(22,23)24/h1-11H,(H,22,23,24). The molecular weight excluding hydrogens is 434 g/mol.